The molecule has 0 aliphatic carbocycles. The molecule has 1 heterocycles. The summed E-state index contributed by atoms with van der Waals surface area (Å²) in [5, 5.41) is 9.55. The predicted molar refractivity (Wildman–Crippen MR) is 126 cm³/mol. The molecule has 2 aromatic carbocycles. The Morgan fingerprint density at radius 2 is 1.78 bits per heavy atom. The van der Waals surface area contributed by atoms with E-state index in [0.717, 1.165) is 12.8 Å². The molecule has 3 aromatic rings. The Kier molecular flexibility index (Phi) is 7.46. The first-order chi connectivity index (χ1) is 15.3. The van der Waals surface area contributed by atoms with Gasteiger partial charge in [0.05, 0.1) is 5.69 Å². The van der Waals surface area contributed by atoms with Gasteiger partial charge >= 0.3 is 5.97 Å². The molecule has 0 unspecified atom stereocenters. The Hall–Kier alpha value is -3.41. The maximum absolute atomic E-state index is 11.7. The first kappa shape index (κ1) is 23.3. The number of anilines is 1. The van der Waals surface area contributed by atoms with Gasteiger partial charge in [0, 0.05) is 19.8 Å². The third-order valence-corrected chi connectivity index (χ3v) is 5.90. The molecule has 0 saturated heterocycles. The molecule has 168 valence electrons. The van der Waals surface area contributed by atoms with Crippen LogP contribution in [0.15, 0.2) is 60.8 Å². The molecule has 0 amide bonds. The van der Waals surface area contributed by atoms with Gasteiger partial charge in [-0.25, -0.2) is 14.8 Å². The van der Waals surface area contributed by atoms with Crippen LogP contribution < -0.4 is 9.64 Å². The normalized spacial score (nSPS) is 11.2. The molecular weight excluding hydrogens is 402 g/mol. The average Bonchev–Trinajstić information content (AvgIpc) is 2.81. The Balaban J connectivity index is 1.71. The van der Waals surface area contributed by atoms with E-state index in [1.807, 2.05) is 42.3 Å². The molecule has 0 fully saturated rings. The number of aromatic nitrogens is 2. The summed E-state index contributed by atoms with van der Waals surface area (Å²) in [7, 11) is 1.90. The number of ether oxygens (including phenoxy) is 1. The molecular formula is C26H31N3O3. The zero-order chi connectivity index (χ0) is 23.1. The highest BCUT2D eigenvalue weighted by molar-refractivity contribution is 5.88. The first-order valence-corrected chi connectivity index (χ1v) is 10.9. The highest BCUT2D eigenvalue weighted by Gasteiger charge is 2.19. The molecule has 0 radical (unpaired) electrons. The average molecular weight is 434 g/mol. The molecule has 6 nitrogen and oxygen atoms in total. The molecule has 1 aromatic heterocycles. The van der Waals surface area contributed by atoms with E-state index in [0.29, 0.717) is 23.9 Å². The molecule has 0 atom stereocenters. The summed E-state index contributed by atoms with van der Waals surface area (Å²) in [4.78, 5) is 22.3. The lowest BCUT2D eigenvalue weighted by atomic mass is 9.82. The van der Waals surface area contributed by atoms with Gasteiger partial charge in [0.1, 0.15) is 17.9 Å². The van der Waals surface area contributed by atoms with E-state index >= 15 is 0 Å². The van der Waals surface area contributed by atoms with E-state index in [4.69, 9.17) is 4.74 Å². The second-order valence-corrected chi connectivity index (χ2v) is 8.54. The minimum atomic E-state index is -1.07. The van der Waals surface area contributed by atoms with E-state index < -0.39 is 5.97 Å². The fourth-order valence-electron chi connectivity index (χ4n) is 3.28. The number of aromatic carboxylic acids is 1. The van der Waals surface area contributed by atoms with Crippen molar-refractivity contribution in [2.75, 3.05) is 18.5 Å². The zero-order valence-corrected chi connectivity index (χ0v) is 19.2. The second-order valence-electron chi connectivity index (χ2n) is 8.54. The largest absolute Gasteiger partial charge is 0.487 e. The van der Waals surface area contributed by atoms with E-state index in [1.54, 1.807) is 0 Å². The van der Waals surface area contributed by atoms with Crippen molar-refractivity contribution in [1.29, 1.82) is 0 Å². The van der Waals surface area contributed by atoms with Gasteiger partial charge in [0.25, 0.3) is 0 Å². The molecule has 6 heteroatoms. The summed E-state index contributed by atoms with van der Waals surface area (Å²) in [5.74, 6) is 0.0845. The van der Waals surface area contributed by atoms with E-state index in [-0.39, 0.29) is 17.6 Å². The fraction of sp³-hybridized carbons (Fsp3) is 0.346. The van der Waals surface area contributed by atoms with Crippen molar-refractivity contribution in [2.24, 2.45) is 0 Å². The number of carboxylic acid groups (broad SMARTS) is 1. The van der Waals surface area contributed by atoms with E-state index in [2.05, 4.69) is 55.0 Å². The lowest BCUT2D eigenvalue weighted by Crippen LogP contribution is -2.24. The second kappa shape index (κ2) is 10.3. The van der Waals surface area contributed by atoms with Crippen molar-refractivity contribution < 1.29 is 14.6 Å². The number of likely N-dealkylation sites (N-methyl/N-ethyl adjacent to an activating group) is 1. The van der Waals surface area contributed by atoms with Crippen LogP contribution in [0.4, 0.5) is 5.95 Å². The maximum Gasteiger partial charge on any atom is 0.339 e. The molecule has 3 rings (SSSR count). The number of benzene rings is 2. The van der Waals surface area contributed by atoms with Gasteiger partial charge in [-0.15, -0.1) is 0 Å². The van der Waals surface area contributed by atoms with Gasteiger partial charge in [-0.3, -0.25) is 0 Å². The maximum atomic E-state index is 11.7. The van der Waals surface area contributed by atoms with Crippen LogP contribution in [0.2, 0.25) is 0 Å². The Morgan fingerprint density at radius 1 is 1.09 bits per heavy atom. The Morgan fingerprint density at radius 3 is 2.41 bits per heavy atom. The lowest BCUT2D eigenvalue weighted by Gasteiger charge is -2.23. The van der Waals surface area contributed by atoms with Gasteiger partial charge in [0.15, 0.2) is 0 Å². The van der Waals surface area contributed by atoms with Crippen molar-refractivity contribution in [1.82, 2.24) is 9.97 Å². The summed E-state index contributed by atoms with van der Waals surface area (Å²) < 4.78 is 5.88. The molecule has 0 bridgehead atoms. The van der Waals surface area contributed by atoms with Crippen LogP contribution in [0, 0.1) is 0 Å². The highest BCUT2D eigenvalue weighted by atomic mass is 16.5. The SMILES string of the molecule is CCC(C)(C)c1ccc(OCc2nc(N(C)CCc3ccccc3)ncc2C(=O)O)cc1. The van der Waals surface area contributed by atoms with Crippen LogP contribution in [0.5, 0.6) is 5.75 Å². The fourth-order valence-corrected chi connectivity index (χ4v) is 3.28. The number of nitrogens with zero attached hydrogens (tertiary/aromatic N) is 3. The molecule has 0 aliphatic heterocycles. The van der Waals surface area contributed by atoms with Crippen LogP contribution >= 0.6 is 0 Å². The number of carbonyl (C=O) groups is 1. The molecule has 0 spiro atoms. The predicted octanol–water partition coefficient (Wildman–Crippen LogP) is 5.12. The summed E-state index contributed by atoms with van der Waals surface area (Å²) in [6.07, 6.45) is 3.24. The van der Waals surface area contributed by atoms with Crippen molar-refractivity contribution >= 4 is 11.9 Å². The zero-order valence-electron chi connectivity index (χ0n) is 19.2. The Labute approximate surface area is 189 Å². The number of hydrogen-bond donors (Lipinski definition) is 1. The van der Waals surface area contributed by atoms with Gasteiger partial charge in [-0.2, -0.15) is 0 Å². The molecule has 32 heavy (non-hydrogen) atoms. The molecule has 0 saturated carbocycles. The summed E-state index contributed by atoms with van der Waals surface area (Å²) in [6, 6.07) is 18.1. The van der Waals surface area contributed by atoms with Gasteiger partial charge in [-0.1, -0.05) is 63.2 Å². The van der Waals surface area contributed by atoms with Crippen molar-refractivity contribution in [3.63, 3.8) is 0 Å². The third kappa shape index (κ3) is 5.84. The third-order valence-electron chi connectivity index (χ3n) is 5.90. The minimum absolute atomic E-state index is 0.0499. The van der Waals surface area contributed by atoms with Crippen molar-refractivity contribution in [3.8, 4) is 5.75 Å². The number of hydrogen-bond acceptors (Lipinski definition) is 5. The highest BCUT2D eigenvalue weighted by Crippen LogP contribution is 2.28. The quantitative estimate of drug-likeness (QED) is 0.478. The van der Waals surface area contributed by atoms with Crippen LogP contribution in [-0.4, -0.2) is 34.6 Å². The van der Waals surface area contributed by atoms with Crippen LogP contribution in [0.1, 0.15) is 54.4 Å². The number of carboxylic acids is 1. The molecule has 1 N–H and O–H groups in total. The smallest absolute Gasteiger partial charge is 0.339 e. The van der Waals surface area contributed by atoms with Crippen LogP contribution in [0.3, 0.4) is 0 Å². The van der Waals surface area contributed by atoms with E-state index in [9.17, 15) is 9.90 Å². The van der Waals surface area contributed by atoms with Gasteiger partial charge in [-0.05, 0) is 41.5 Å². The van der Waals surface area contributed by atoms with Crippen molar-refractivity contribution in [2.45, 2.75) is 45.6 Å². The first-order valence-electron chi connectivity index (χ1n) is 10.9. The molecule has 0 aliphatic rings. The topological polar surface area (TPSA) is 75.5 Å². The monoisotopic (exact) mass is 433 g/mol. The van der Waals surface area contributed by atoms with Gasteiger partial charge < -0.3 is 14.7 Å². The van der Waals surface area contributed by atoms with Crippen LogP contribution in [-0.2, 0) is 18.4 Å². The summed E-state index contributed by atoms with van der Waals surface area (Å²) >= 11 is 0. The summed E-state index contributed by atoms with van der Waals surface area (Å²) in [6.45, 7) is 7.35. The van der Waals surface area contributed by atoms with Crippen LogP contribution in [0.25, 0.3) is 0 Å². The van der Waals surface area contributed by atoms with Crippen molar-refractivity contribution in [3.05, 3.63) is 83.2 Å². The van der Waals surface area contributed by atoms with E-state index in [1.165, 1.54) is 17.3 Å². The lowest BCUT2D eigenvalue weighted by molar-refractivity contribution is 0.0692. The Bertz CT molecular complexity index is 1030. The standard InChI is InChI=1S/C26H31N3O3/c1-5-26(2,3)20-11-13-21(14-12-20)32-18-23-22(24(30)31)17-27-25(28-23)29(4)16-15-19-9-7-6-8-10-19/h6-14,17H,5,15-16,18H2,1-4H3,(H,30,31). The number of rotatable bonds is 10. The summed E-state index contributed by atoms with van der Waals surface area (Å²) in [5.41, 5.74) is 2.96. The minimum Gasteiger partial charge on any atom is -0.487 e. The van der Waals surface area contributed by atoms with Gasteiger partial charge in [0.2, 0.25) is 5.95 Å².